The Balaban J connectivity index is 1.85. The summed E-state index contributed by atoms with van der Waals surface area (Å²) in [6.07, 6.45) is 0. The van der Waals surface area contributed by atoms with Gasteiger partial charge in [-0.3, -0.25) is 4.79 Å². The number of amides is 1. The molecule has 2 atom stereocenters. The zero-order chi connectivity index (χ0) is 13.8. The van der Waals surface area contributed by atoms with Gasteiger partial charge in [0.1, 0.15) is 5.75 Å². The summed E-state index contributed by atoms with van der Waals surface area (Å²) in [5.74, 6) is 1.33. The predicted molar refractivity (Wildman–Crippen MR) is 75.4 cm³/mol. The number of benzene rings is 1. The standard InChI is InChI=1S/C15H22N2O2/c1-10(2)17-15(18)11(3)16-8-12-9-19-14-7-5-4-6-13(12)14/h4-7,10-12,16H,8-9H2,1-3H3,(H,17,18). The molecule has 4 nitrogen and oxygen atoms in total. The Morgan fingerprint density at radius 2 is 2.11 bits per heavy atom. The van der Waals surface area contributed by atoms with Crippen LogP contribution >= 0.6 is 0 Å². The highest BCUT2D eigenvalue weighted by atomic mass is 16.5. The first-order valence-corrected chi connectivity index (χ1v) is 6.83. The highest BCUT2D eigenvalue weighted by Crippen LogP contribution is 2.32. The molecule has 2 rings (SSSR count). The summed E-state index contributed by atoms with van der Waals surface area (Å²) >= 11 is 0. The van der Waals surface area contributed by atoms with E-state index in [1.807, 2.05) is 39.0 Å². The molecule has 0 fully saturated rings. The molecular weight excluding hydrogens is 240 g/mol. The first-order valence-electron chi connectivity index (χ1n) is 6.83. The molecule has 1 aromatic rings. The Morgan fingerprint density at radius 1 is 1.37 bits per heavy atom. The third-order valence-corrected chi connectivity index (χ3v) is 3.29. The Labute approximate surface area is 114 Å². The second-order valence-electron chi connectivity index (χ2n) is 5.34. The molecule has 0 saturated heterocycles. The number of nitrogens with one attached hydrogen (secondary N) is 2. The average molecular weight is 262 g/mol. The highest BCUT2D eigenvalue weighted by molar-refractivity contribution is 5.81. The average Bonchev–Trinajstić information content (AvgIpc) is 2.78. The minimum absolute atomic E-state index is 0.0437. The van der Waals surface area contributed by atoms with E-state index in [-0.39, 0.29) is 18.0 Å². The van der Waals surface area contributed by atoms with Crippen molar-refractivity contribution in [3.05, 3.63) is 29.8 Å². The van der Waals surface area contributed by atoms with Gasteiger partial charge in [-0.25, -0.2) is 0 Å². The van der Waals surface area contributed by atoms with Crippen LogP contribution in [0.25, 0.3) is 0 Å². The van der Waals surface area contributed by atoms with Crippen molar-refractivity contribution in [3.8, 4) is 5.75 Å². The fourth-order valence-corrected chi connectivity index (χ4v) is 2.22. The van der Waals surface area contributed by atoms with Crippen molar-refractivity contribution in [2.24, 2.45) is 0 Å². The monoisotopic (exact) mass is 262 g/mol. The molecule has 1 aliphatic rings. The van der Waals surface area contributed by atoms with Gasteiger partial charge in [0.2, 0.25) is 5.91 Å². The summed E-state index contributed by atoms with van der Waals surface area (Å²) in [6.45, 7) is 7.26. The number of para-hydroxylation sites is 1. The summed E-state index contributed by atoms with van der Waals surface area (Å²) in [7, 11) is 0. The van der Waals surface area contributed by atoms with E-state index in [1.165, 1.54) is 5.56 Å². The number of fused-ring (bicyclic) bond motifs is 1. The van der Waals surface area contributed by atoms with Crippen molar-refractivity contribution in [2.75, 3.05) is 13.2 Å². The van der Waals surface area contributed by atoms with Gasteiger partial charge in [0.05, 0.1) is 12.6 Å². The largest absolute Gasteiger partial charge is 0.493 e. The lowest BCUT2D eigenvalue weighted by Gasteiger charge is -2.18. The van der Waals surface area contributed by atoms with Gasteiger partial charge in [0.25, 0.3) is 0 Å². The second kappa shape index (κ2) is 6.06. The minimum Gasteiger partial charge on any atom is -0.493 e. The quantitative estimate of drug-likeness (QED) is 0.848. The Hall–Kier alpha value is -1.55. The minimum atomic E-state index is -0.185. The van der Waals surface area contributed by atoms with Crippen LogP contribution in [-0.2, 0) is 4.79 Å². The first-order chi connectivity index (χ1) is 9.08. The lowest BCUT2D eigenvalue weighted by Crippen LogP contribution is -2.45. The van der Waals surface area contributed by atoms with E-state index in [9.17, 15) is 4.79 Å². The van der Waals surface area contributed by atoms with E-state index in [2.05, 4.69) is 16.7 Å². The van der Waals surface area contributed by atoms with Crippen LogP contribution in [0, 0.1) is 0 Å². The Kier molecular flexibility index (Phi) is 4.43. The molecule has 0 bridgehead atoms. The maximum atomic E-state index is 11.8. The summed E-state index contributed by atoms with van der Waals surface area (Å²) in [5.41, 5.74) is 1.23. The highest BCUT2D eigenvalue weighted by Gasteiger charge is 2.24. The first kappa shape index (κ1) is 13.9. The zero-order valence-electron chi connectivity index (χ0n) is 11.8. The molecule has 1 amide bonds. The fourth-order valence-electron chi connectivity index (χ4n) is 2.22. The third kappa shape index (κ3) is 3.47. The van der Waals surface area contributed by atoms with Crippen LogP contribution in [0.1, 0.15) is 32.3 Å². The molecule has 0 saturated carbocycles. The molecule has 104 valence electrons. The molecule has 0 aliphatic carbocycles. The van der Waals surface area contributed by atoms with Gasteiger partial charge in [-0.2, -0.15) is 0 Å². The van der Waals surface area contributed by atoms with E-state index in [0.717, 1.165) is 12.3 Å². The molecule has 1 aromatic carbocycles. The molecule has 0 radical (unpaired) electrons. The van der Waals surface area contributed by atoms with Crippen molar-refractivity contribution in [3.63, 3.8) is 0 Å². The van der Waals surface area contributed by atoms with Crippen molar-refractivity contribution >= 4 is 5.91 Å². The van der Waals surface area contributed by atoms with Gasteiger partial charge in [0, 0.05) is 24.1 Å². The maximum absolute atomic E-state index is 11.8. The van der Waals surface area contributed by atoms with Crippen LogP contribution in [-0.4, -0.2) is 31.1 Å². The summed E-state index contributed by atoms with van der Waals surface area (Å²) in [5, 5.41) is 6.18. The van der Waals surface area contributed by atoms with E-state index in [1.54, 1.807) is 0 Å². The Bertz CT molecular complexity index is 446. The Morgan fingerprint density at radius 3 is 2.84 bits per heavy atom. The number of carbonyl (C=O) groups excluding carboxylic acids is 1. The molecule has 1 heterocycles. The second-order valence-corrected chi connectivity index (χ2v) is 5.34. The van der Waals surface area contributed by atoms with Crippen LogP contribution in [0.3, 0.4) is 0 Å². The lowest BCUT2D eigenvalue weighted by molar-refractivity contribution is -0.123. The van der Waals surface area contributed by atoms with E-state index in [0.29, 0.717) is 12.5 Å². The molecule has 19 heavy (non-hydrogen) atoms. The van der Waals surface area contributed by atoms with Crippen LogP contribution in [0.4, 0.5) is 0 Å². The summed E-state index contributed by atoms with van der Waals surface area (Å²) in [6, 6.07) is 8.07. The number of hydrogen-bond donors (Lipinski definition) is 2. The molecular formula is C15H22N2O2. The number of ether oxygens (including phenoxy) is 1. The third-order valence-electron chi connectivity index (χ3n) is 3.29. The lowest BCUT2D eigenvalue weighted by atomic mass is 10.0. The van der Waals surface area contributed by atoms with Crippen molar-refractivity contribution < 1.29 is 9.53 Å². The molecule has 1 aliphatic heterocycles. The van der Waals surface area contributed by atoms with E-state index in [4.69, 9.17) is 4.74 Å². The predicted octanol–water partition coefficient (Wildman–Crippen LogP) is 1.67. The molecule has 0 spiro atoms. The van der Waals surface area contributed by atoms with Crippen molar-refractivity contribution in [1.29, 1.82) is 0 Å². The summed E-state index contributed by atoms with van der Waals surface area (Å²) in [4.78, 5) is 11.8. The van der Waals surface area contributed by atoms with Gasteiger partial charge >= 0.3 is 0 Å². The molecule has 2 N–H and O–H groups in total. The number of hydrogen-bond acceptors (Lipinski definition) is 3. The van der Waals surface area contributed by atoms with Gasteiger partial charge in [0.15, 0.2) is 0 Å². The van der Waals surface area contributed by atoms with Gasteiger partial charge in [-0.15, -0.1) is 0 Å². The van der Waals surface area contributed by atoms with Gasteiger partial charge < -0.3 is 15.4 Å². The van der Waals surface area contributed by atoms with Crippen LogP contribution in [0.2, 0.25) is 0 Å². The SMILES string of the molecule is CC(C)NC(=O)C(C)NCC1COc2ccccc21. The van der Waals surface area contributed by atoms with Crippen LogP contribution < -0.4 is 15.4 Å². The smallest absolute Gasteiger partial charge is 0.237 e. The van der Waals surface area contributed by atoms with Crippen LogP contribution in [0.15, 0.2) is 24.3 Å². The maximum Gasteiger partial charge on any atom is 0.237 e. The van der Waals surface area contributed by atoms with Gasteiger partial charge in [-0.1, -0.05) is 18.2 Å². The topological polar surface area (TPSA) is 50.4 Å². The zero-order valence-corrected chi connectivity index (χ0v) is 11.8. The fraction of sp³-hybridized carbons (Fsp3) is 0.533. The van der Waals surface area contributed by atoms with E-state index < -0.39 is 0 Å². The van der Waals surface area contributed by atoms with Crippen molar-refractivity contribution in [1.82, 2.24) is 10.6 Å². The molecule has 0 aromatic heterocycles. The number of rotatable bonds is 5. The number of carbonyl (C=O) groups is 1. The summed E-state index contributed by atoms with van der Waals surface area (Å²) < 4.78 is 5.63. The van der Waals surface area contributed by atoms with E-state index >= 15 is 0 Å². The van der Waals surface area contributed by atoms with Gasteiger partial charge in [-0.05, 0) is 26.8 Å². The van der Waals surface area contributed by atoms with Crippen molar-refractivity contribution in [2.45, 2.75) is 38.8 Å². The van der Waals surface area contributed by atoms with Crippen LogP contribution in [0.5, 0.6) is 5.75 Å². The normalized spacial score (nSPS) is 18.8. The molecule has 2 unspecified atom stereocenters. The molecule has 4 heteroatoms.